The molecule has 0 fully saturated rings. The molecule has 0 saturated heterocycles. The third kappa shape index (κ3) is 3.69. The Hall–Kier alpha value is -3.15. The zero-order chi connectivity index (χ0) is 19.4. The zero-order valence-electron chi connectivity index (χ0n) is 15.8. The Kier molecular flexibility index (Phi) is 5.54. The van der Waals surface area contributed by atoms with Gasteiger partial charge in [-0.05, 0) is 38.5 Å². The lowest BCUT2D eigenvalue weighted by molar-refractivity contribution is 0.0769. The van der Waals surface area contributed by atoms with Gasteiger partial charge in [0.1, 0.15) is 0 Å². The Morgan fingerprint density at radius 1 is 1.07 bits per heavy atom. The number of fused-ring (bicyclic) bond motifs is 1. The highest BCUT2D eigenvalue weighted by Gasteiger charge is 2.24. The molecule has 0 aliphatic heterocycles. The van der Waals surface area contributed by atoms with E-state index in [9.17, 15) is 9.59 Å². The monoisotopic (exact) mass is 364 g/mol. The molecule has 140 valence electrons. The van der Waals surface area contributed by atoms with Crippen LogP contribution in [0.2, 0.25) is 0 Å². The van der Waals surface area contributed by atoms with Gasteiger partial charge in [0.05, 0.1) is 11.6 Å². The molecule has 1 N–H and O–H groups in total. The average molecular weight is 364 g/mol. The van der Waals surface area contributed by atoms with Crippen molar-refractivity contribution in [2.45, 2.75) is 26.8 Å². The molecule has 2 aromatic heterocycles. The van der Waals surface area contributed by atoms with E-state index in [0.717, 1.165) is 5.56 Å². The Balaban J connectivity index is 1.95. The Morgan fingerprint density at radius 2 is 1.74 bits per heavy atom. The van der Waals surface area contributed by atoms with E-state index in [2.05, 4.69) is 10.3 Å². The molecule has 0 aliphatic rings. The highest BCUT2D eigenvalue weighted by Crippen LogP contribution is 2.17. The van der Waals surface area contributed by atoms with Gasteiger partial charge in [-0.3, -0.25) is 14.0 Å². The van der Waals surface area contributed by atoms with Gasteiger partial charge < -0.3 is 10.2 Å². The van der Waals surface area contributed by atoms with E-state index >= 15 is 0 Å². The molecule has 1 unspecified atom stereocenters. The number of benzene rings is 1. The molecule has 2 heterocycles. The second kappa shape index (κ2) is 8.03. The molecule has 6 nitrogen and oxygen atoms in total. The van der Waals surface area contributed by atoms with Crippen molar-refractivity contribution in [2.24, 2.45) is 0 Å². The summed E-state index contributed by atoms with van der Waals surface area (Å²) in [5, 5.41) is 2.97. The first kappa shape index (κ1) is 18.6. The van der Waals surface area contributed by atoms with Gasteiger partial charge in [-0.25, -0.2) is 4.98 Å². The molecule has 6 heteroatoms. The van der Waals surface area contributed by atoms with E-state index in [1.807, 2.05) is 63.2 Å². The predicted octanol–water partition coefficient (Wildman–Crippen LogP) is 3.31. The molecular weight excluding hydrogens is 340 g/mol. The zero-order valence-corrected chi connectivity index (χ0v) is 15.8. The molecule has 1 atom stereocenters. The number of rotatable bonds is 6. The fourth-order valence-electron chi connectivity index (χ4n) is 3.10. The molecular formula is C21H24N4O2. The second-order valence-electron chi connectivity index (χ2n) is 6.32. The minimum Gasteiger partial charge on any atom is -0.343 e. The van der Waals surface area contributed by atoms with Crippen LogP contribution in [-0.2, 0) is 0 Å². The largest absolute Gasteiger partial charge is 0.343 e. The van der Waals surface area contributed by atoms with Crippen LogP contribution < -0.4 is 5.32 Å². The van der Waals surface area contributed by atoms with Crippen LogP contribution in [-0.4, -0.2) is 39.2 Å². The van der Waals surface area contributed by atoms with Crippen molar-refractivity contribution < 1.29 is 9.59 Å². The van der Waals surface area contributed by atoms with E-state index in [1.54, 1.807) is 21.6 Å². The lowest BCUT2D eigenvalue weighted by Crippen LogP contribution is -2.31. The van der Waals surface area contributed by atoms with Gasteiger partial charge in [-0.2, -0.15) is 0 Å². The topological polar surface area (TPSA) is 66.7 Å². The highest BCUT2D eigenvalue weighted by atomic mass is 16.2. The van der Waals surface area contributed by atoms with E-state index in [0.29, 0.717) is 24.3 Å². The molecule has 0 spiro atoms. The van der Waals surface area contributed by atoms with Crippen molar-refractivity contribution in [3.8, 4) is 0 Å². The maximum atomic E-state index is 12.9. The summed E-state index contributed by atoms with van der Waals surface area (Å²) in [6.45, 7) is 6.95. The number of carbonyl (C=O) groups is 2. The van der Waals surface area contributed by atoms with E-state index in [-0.39, 0.29) is 23.7 Å². The SMILES string of the molecule is CCN(CC)C(=O)c1nc(C(=O)NC(C)c2ccccc2)n2ccccc12. The van der Waals surface area contributed by atoms with Crippen LogP contribution in [0.3, 0.4) is 0 Å². The van der Waals surface area contributed by atoms with Crippen LogP contribution >= 0.6 is 0 Å². The maximum Gasteiger partial charge on any atom is 0.288 e. The first-order valence-electron chi connectivity index (χ1n) is 9.19. The molecule has 0 saturated carbocycles. The second-order valence-corrected chi connectivity index (χ2v) is 6.32. The van der Waals surface area contributed by atoms with Crippen molar-refractivity contribution in [3.63, 3.8) is 0 Å². The van der Waals surface area contributed by atoms with Gasteiger partial charge >= 0.3 is 0 Å². The Bertz CT molecular complexity index is 945. The molecule has 0 radical (unpaired) electrons. The first-order valence-corrected chi connectivity index (χ1v) is 9.19. The van der Waals surface area contributed by atoms with Crippen LogP contribution in [0, 0.1) is 0 Å². The lowest BCUT2D eigenvalue weighted by atomic mass is 10.1. The van der Waals surface area contributed by atoms with Gasteiger partial charge in [0.15, 0.2) is 5.69 Å². The van der Waals surface area contributed by atoms with Gasteiger partial charge in [0, 0.05) is 19.3 Å². The van der Waals surface area contributed by atoms with Gasteiger partial charge in [0.2, 0.25) is 5.82 Å². The van der Waals surface area contributed by atoms with Crippen LogP contribution in [0.25, 0.3) is 5.52 Å². The summed E-state index contributed by atoms with van der Waals surface area (Å²) in [7, 11) is 0. The van der Waals surface area contributed by atoms with Gasteiger partial charge in [-0.15, -0.1) is 0 Å². The summed E-state index contributed by atoms with van der Waals surface area (Å²) >= 11 is 0. The summed E-state index contributed by atoms with van der Waals surface area (Å²) in [5.41, 5.74) is 1.94. The van der Waals surface area contributed by atoms with Crippen LogP contribution in [0.4, 0.5) is 0 Å². The minimum atomic E-state index is -0.314. The van der Waals surface area contributed by atoms with E-state index in [1.165, 1.54) is 0 Å². The average Bonchev–Trinajstić information content (AvgIpc) is 3.09. The smallest absolute Gasteiger partial charge is 0.288 e. The molecule has 1 aromatic carbocycles. The summed E-state index contributed by atoms with van der Waals surface area (Å²) in [6, 6.07) is 15.0. The summed E-state index contributed by atoms with van der Waals surface area (Å²) < 4.78 is 1.67. The lowest BCUT2D eigenvalue weighted by Gasteiger charge is -2.17. The van der Waals surface area contributed by atoms with Crippen molar-refractivity contribution in [1.82, 2.24) is 19.6 Å². The Morgan fingerprint density at radius 3 is 2.41 bits per heavy atom. The first-order chi connectivity index (χ1) is 13.1. The molecule has 3 rings (SSSR count). The molecule has 3 aromatic rings. The normalized spacial score (nSPS) is 12.0. The number of pyridine rings is 1. The third-order valence-electron chi connectivity index (χ3n) is 4.65. The fourth-order valence-corrected chi connectivity index (χ4v) is 3.10. The Labute approximate surface area is 158 Å². The van der Waals surface area contributed by atoms with E-state index in [4.69, 9.17) is 0 Å². The van der Waals surface area contributed by atoms with Gasteiger partial charge in [0.25, 0.3) is 11.8 Å². The third-order valence-corrected chi connectivity index (χ3v) is 4.65. The summed E-state index contributed by atoms with van der Waals surface area (Å²) in [6.07, 6.45) is 1.75. The van der Waals surface area contributed by atoms with Crippen LogP contribution in [0.1, 0.15) is 53.5 Å². The molecule has 2 amide bonds. The molecule has 0 bridgehead atoms. The number of nitrogens with one attached hydrogen (secondary N) is 1. The number of hydrogen-bond donors (Lipinski definition) is 1. The standard InChI is InChI=1S/C21H24N4O2/c1-4-24(5-2)21(27)18-17-13-9-10-14-25(17)19(23-18)20(26)22-15(3)16-11-7-6-8-12-16/h6-15H,4-5H2,1-3H3,(H,22,26). The quantitative estimate of drug-likeness (QED) is 0.730. The highest BCUT2D eigenvalue weighted by molar-refractivity contribution is 6.02. The van der Waals surface area contributed by atoms with E-state index < -0.39 is 0 Å². The number of carbonyl (C=O) groups excluding carboxylic acids is 2. The number of amides is 2. The fraction of sp³-hybridized carbons (Fsp3) is 0.286. The number of aromatic nitrogens is 2. The summed E-state index contributed by atoms with van der Waals surface area (Å²) in [4.78, 5) is 31.8. The molecule has 27 heavy (non-hydrogen) atoms. The molecule has 0 aliphatic carbocycles. The number of hydrogen-bond acceptors (Lipinski definition) is 3. The van der Waals surface area contributed by atoms with Crippen LogP contribution in [0.15, 0.2) is 54.7 Å². The number of imidazole rings is 1. The van der Waals surface area contributed by atoms with Crippen molar-refractivity contribution in [2.75, 3.05) is 13.1 Å². The number of nitrogens with zero attached hydrogens (tertiary/aromatic N) is 3. The van der Waals surface area contributed by atoms with Crippen molar-refractivity contribution >= 4 is 17.3 Å². The summed E-state index contributed by atoms with van der Waals surface area (Å²) in [5.74, 6) is -0.270. The van der Waals surface area contributed by atoms with Crippen molar-refractivity contribution in [1.29, 1.82) is 0 Å². The van der Waals surface area contributed by atoms with Crippen molar-refractivity contribution in [3.05, 3.63) is 71.8 Å². The van der Waals surface area contributed by atoms with Gasteiger partial charge in [-0.1, -0.05) is 36.4 Å². The maximum absolute atomic E-state index is 12.9. The predicted molar refractivity (Wildman–Crippen MR) is 105 cm³/mol. The minimum absolute atomic E-state index is 0.168. The van der Waals surface area contributed by atoms with Crippen LogP contribution in [0.5, 0.6) is 0 Å².